The van der Waals surface area contributed by atoms with Crippen molar-refractivity contribution in [2.75, 3.05) is 39.3 Å². The molecule has 1 amide bonds. The van der Waals surface area contributed by atoms with Crippen LogP contribution in [0, 0.1) is 0 Å². The van der Waals surface area contributed by atoms with Crippen LogP contribution in [0.1, 0.15) is 29.2 Å². The minimum atomic E-state index is -0.0139. The van der Waals surface area contributed by atoms with Crippen molar-refractivity contribution in [2.45, 2.75) is 29.9 Å². The number of imidazole rings is 1. The van der Waals surface area contributed by atoms with Crippen molar-refractivity contribution in [3.8, 4) is 0 Å². The molecule has 0 saturated carbocycles. The highest BCUT2D eigenvalue weighted by molar-refractivity contribution is 7.98. The van der Waals surface area contributed by atoms with Crippen LogP contribution in [-0.2, 0) is 17.5 Å². The predicted octanol–water partition coefficient (Wildman–Crippen LogP) is 2.24. The minimum Gasteiger partial charge on any atom is -0.455 e. The van der Waals surface area contributed by atoms with E-state index >= 15 is 0 Å². The second kappa shape index (κ2) is 8.50. The second-order valence-corrected chi connectivity index (χ2v) is 8.05. The van der Waals surface area contributed by atoms with Gasteiger partial charge in [-0.05, 0) is 25.0 Å². The molecule has 8 heteroatoms. The lowest BCUT2D eigenvalue weighted by molar-refractivity contribution is 0.0416. The Labute approximate surface area is 163 Å². The number of aromatic nitrogens is 2. The molecule has 0 N–H and O–H groups in total. The summed E-state index contributed by atoms with van der Waals surface area (Å²) in [6.45, 7) is 5.15. The third kappa shape index (κ3) is 4.56. The van der Waals surface area contributed by atoms with Gasteiger partial charge in [0.05, 0.1) is 11.9 Å². The molecular formula is C19H26N4O3S. The van der Waals surface area contributed by atoms with Crippen LogP contribution in [0.5, 0.6) is 0 Å². The predicted molar refractivity (Wildman–Crippen MR) is 103 cm³/mol. The molecule has 0 aromatic carbocycles. The Hall–Kier alpha value is -1.77. The van der Waals surface area contributed by atoms with E-state index in [1.807, 2.05) is 28.8 Å². The topological polar surface area (TPSA) is 63.7 Å². The summed E-state index contributed by atoms with van der Waals surface area (Å²) in [5, 5.41) is 0.932. The van der Waals surface area contributed by atoms with Crippen molar-refractivity contribution in [1.29, 1.82) is 0 Å². The molecule has 0 unspecified atom stereocenters. The molecule has 146 valence electrons. The molecule has 2 fully saturated rings. The number of amides is 1. The van der Waals surface area contributed by atoms with Crippen LogP contribution in [0.15, 0.2) is 34.1 Å². The largest absolute Gasteiger partial charge is 0.455 e. The van der Waals surface area contributed by atoms with Crippen LogP contribution in [0.3, 0.4) is 0 Å². The highest BCUT2D eigenvalue weighted by atomic mass is 32.2. The summed E-state index contributed by atoms with van der Waals surface area (Å²) < 4.78 is 13.5. The summed E-state index contributed by atoms with van der Waals surface area (Å²) in [4.78, 5) is 21.3. The van der Waals surface area contributed by atoms with Gasteiger partial charge in [0.2, 0.25) is 0 Å². The van der Waals surface area contributed by atoms with Gasteiger partial charge in [0, 0.05) is 58.8 Å². The average molecular weight is 391 g/mol. The number of thioether (sulfide) groups is 1. The lowest BCUT2D eigenvalue weighted by Crippen LogP contribution is -2.50. The first-order chi connectivity index (χ1) is 13.2. The molecule has 2 saturated heterocycles. The van der Waals surface area contributed by atoms with Crippen molar-refractivity contribution in [3.63, 3.8) is 0 Å². The third-order valence-corrected chi connectivity index (χ3v) is 6.22. The van der Waals surface area contributed by atoms with Gasteiger partial charge in [-0.15, -0.1) is 0 Å². The second-order valence-electron chi connectivity index (χ2n) is 7.10. The fourth-order valence-corrected chi connectivity index (χ4v) is 4.39. The zero-order valence-electron chi connectivity index (χ0n) is 15.7. The Morgan fingerprint density at radius 2 is 2.15 bits per heavy atom. The van der Waals surface area contributed by atoms with E-state index in [1.54, 1.807) is 24.0 Å². The normalized spacial score (nSPS) is 21.1. The van der Waals surface area contributed by atoms with E-state index in [0.29, 0.717) is 17.6 Å². The molecule has 1 atom stereocenters. The zero-order valence-corrected chi connectivity index (χ0v) is 16.5. The van der Waals surface area contributed by atoms with Crippen molar-refractivity contribution in [3.05, 3.63) is 36.0 Å². The van der Waals surface area contributed by atoms with E-state index in [4.69, 9.17) is 9.15 Å². The van der Waals surface area contributed by atoms with E-state index in [9.17, 15) is 4.79 Å². The van der Waals surface area contributed by atoms with Gasteiger partial charge in [0.25, 0.3) is 5.91 Å². The maximum absolute atomic E-state index is 12.7. The summed E-state index contributed by atoms with van der Waals surface area (Å²) in [5.74, 6) is 1.87. The fraction of sp³-hybridized carbons (Fsp3) is 0.579. The van der Waals surface area contributed by atoms with Crippen LogP contribution in [0.4, 0.5) is 0 Å². The quantitative estimate of drug-likeness (QED) is 0.705. The number of hydrogen-bond acceptors (Lipinski definition) is 6. The Bertz CT molecular complexity index is 761. The number of aryl methyl sites for hydroxylation is 1. The smallest absolute Gasteiger partial charge is 0.289 e. The summed E-state index contributed by atoms with van der Waals surface area (Å²) in [6, 6.07) is 3.67. The monoisotopic (exact) mass is 390 g/mol. The van der Waals surface area contributed by atoms with E-state index in [1.165, 1.54) is 6.42 Å². The van der Waals surface area contributed by atoms with Gasteiger partial charge in [0.1, 0.15) is 5.76 Å². The Morgan fingerprint density at radius 3 is 2.85 bits per heavy atom. The molecule has 2 aromatic rings. The molecule has 0 radical (unpaired) electrons. The number of nitrogens with zero attached hydrogens (tertiary/aromatic N) is 4. The third-order valence-electron chi connectivity index (χ3n) is 5.14. The first-order valence-corrected chi connectivity index (χ1v) is 10.5. The van der Waals surface area contributed by atoms with Gasteiger partial charge in [-0.2, -0.15) is 0 Å². The van der Waals surface area contributed by atoms with Crippen molar-refractivity contribution >= 4 is 17.7 Å². The lowest BCUT2D eigenvalue weighted by atomic mass is 10.2. The average Bonchev–Trinajstić information content (AvgIpc) is 3.43. The van der Waals surface area contributed by atoms with Crippen LogP contribution < -0.4 is 0 Å². The number of piperazine rings is 1. The van der Waals surface area contributed by atoms with Gasteiger partial charge < -0.3 is 18.6 Å². The maximum Gasteiger partial charge on any atom is 0.289 e. The van der Waals surface area contributed by atoms with Gasteiger partial charge in [-0.1, -0.05) is 11.8 Å². The van der Waals surface area contributed by atoms with Crippen LogP contribution in [0.2, 0.25) is 0 Å². The van der Waals surface area contributed by atoms with Crippen molar-refractivity contribution < 1.29 is 13.9 Å². The highest BCUT2D eigenvalue weighted by Gasteiger charge is 2.26. The Kier molecular flexibility index (Phi) is 5.85. The van der Waals surface area contributed by atoms with E-state index < -0.39 is 0 Å². The van der Waals surface area contributed by atoms with E-state index in [0.717, 1.165) is 56.7 Å². The molecule has 27 heavy (non-hydrogen) atoms. The Balaban J connectivity index is 1.26. The zero-order chi connectivity index (χ0) is 18.6. The molecule has 2 aliphatic rings. The summed E-state index contributed by atoms with van der Waals surface area (Å²) in [6.07, 6.45) is 6.39. The number of carbonyl (C=O) groups is 1. The summed E-state index contributed by atoms with van der Waals surface area (Å²) in [5.41, 5.74) is 0. The van der Waals surface area contributed by atoms with Gasteiger partial charge in [0.15, 0.2) is 10.9 Å². The summed E-state index contributed by atoms with van der Waals surface area (Å²) >= 11 is 1.60. The summed E-state index contributed by atoms with van der Waals surface area (Å²) in [7, 11) is 1.96. The standard InChI is InChI=1S/C19H26N4O3S/c1-21-7-6-20-19(21)27-14-16-4-5-17(26-16)18(24)23-10-8-22(9-11-23)13-15-3-2-12-25-15/h4-7,15H,2-3,8-14H2,1H3/t15-/m1/s1. The SMILES string of the molecule is Cn1ccnc1SCc1ccc(C(=O)N2CCN(C[C@H]3CCCO3)CC2)o1. The number of furan rings is 1. The van der Waals surface area contributed by atoms with Gasteiger partial charge >= 0.3 is 0 Å². The molecule has 0 spiro atoms. The molecule has 7 nitrogen and oxygen atoms in total. The number of carbonyl (C=O) groups excluding carboxylic acids is 1. The van der Waals surface area contributed by atoms with Crippen LogP contribution in [-0.4, -0.2) is 70.7 Å². The fourth-order valence-electron chi connectivity index (χ4n) is 3.56. The van der Waals surface area contributed by atoms with Gasteiger partial charge in [-0.25, -0.2) is 4.98 Å². The maximum atomic E-state index is 12.7. The number of rotatable bonds is 6. The minimum absolute atomic E-state index is 0.0139. The van der Waals surface area contributed by atoms with E-state index in [2.05, 4.69) is 9.88 Å². The van der Waals surface area contributed by atoms with Crippen LogP contribution >= 0.6 is 11.8 Å². The molecule has 4 rings (SSSR count). The number of ether oxygens (including phenoxy) is 1. The Morgan fingerprint density at radius 1 is 1.30 bits per heavy atom. The van der Waals surface area contributed by atoms with Crippen molar-refractivity contribution in [2.24, 2.45) is 7.05 Å². The highest BCUT2D eigenvalue weighted by Crippen LogP contribution is 2.23. The van der Waals surface area contributed by atoms with Crippen molar-refractivity contribution in [1.82, 2.24) is 19.4 Å². The lowest BCUT2D eigenvalue weighted by Gasteiger charge is -2.35. The molecule has 0 aliphatic carbocycles. The molecule has 0 bridgehead atoms. The molecule has 2 aliphatic heterocycles. The van der Waals surface area contributed by atoms with Gasteiger partial charge in [-0.3, -0.25) is 9.69 Å². The first-order valence-electron chi connectivity index (χ1n) is 9.51. The molecule has 4 heterocycles. The van der Waals surface area contributed by atoms with E-state index in [-0.39, 0.29) is 5.91 Å². The first kappa shape index (κ1) is 18.6. The van der Waals surface area contributed by atoms with Crippen LogP contribution in [0.25, 0.3) is 0 Å². The molecular weight excluding hydrogens is 364 g/mol. The number of hydrogen-bond donors (Lipinski definition) is 0. The molecule has 2 aromatic heterocycles.